The standard InChI is InChI=1S/C22H27FN2O2/c1-16-4-3-14-25(15-13-16)22(26)24-21(17-5-9-19(23)10-6-17)18-7-11-20(27-2)12-8-18/h5-12,16,21H,3-4,13-15H2,1-2H3,(H,24,26). The highest BCUT2D eigenvalue weighted by molar-refractivity contribution is 5.75. The van der Waals surface area contributed by atoms with E-state index >= 15 is 0 Å². The van der Waals surface area contributed by atoms with Crippen molar-refractivity contribution in [2.24, 2.45) is 5.92 Å². The Kier molecular flexibility index (Phi) is 6.32. The van der Waals surface area contributed by atoms with Crippen LogP contribution in [0, 0.1) is 11.7 Å². The average Bonchev–Trinajstić information content (AvgIpc) is 2.91. The van der Waals surface area contributed by atoms with E-state index in [1.165, 1.54) is 12.1 Å². The molecule has 2 aromatic carbocycles. The molecular weight excluding hydrogens is 343 g/mol. The molecule has 0 radical (unpaired) electrons. The lowest BCUT2D eigenvalue weighted by molar-refractivity contribution is 0.197. The second-order valence-corrected chi connectivity index (χ2v) is 7.23. The fraction of sp³-hybridized carbons (Fsp3) is 0.409. The topological polar surface area (TPSA) is 41.6 Å². The number of hydrogen-bond acceptors (Lipinski definition) is 2. The second-order valence-electron chi connectivity index (χ2n) is 7.23. The quantitative estimate of drug-likeness (QED) is 0.843. The Balaban J connectivity index is 1.82. The SMILES string of the molecule is COc1ccc(C(NC(=O)N2CCCC(C)CC2)c2ccc(F)cc2)cc1. The van der Waals surface area contributed by atoms with Gasteiger partial charge in [-0.15, -0.1) is 0 Å². The van der Waals surface area contributed by atoms with Crippen molar-refractivity contribution in [3.63, 3.8) is 0 Å². The lowest BCUT2D eigenvalue weighted by Crippen LogP contribution is -2.42. The highest BCUT2D eigenvalue weighted by Gasteiger charge is 2.23. The third-order valence-electron chi connectivity index (χ3n) is 5.22. The summed E-state index contributed by atoms with van der Waals surface area (Å²) in [5.74, 6) is 1.11. The molecule has 2 atom stereocenters. The molecule has 1 saturated heterocycles. The third kappa shape index (κ3) is 5.00. The van der Waals surface area contributed by atoms with Crippen LogP contribution in [0.25, 0.3) is 0 Å². The van der Waals surface area contributed by atoms with Crippen LogP contribution >= 0.6 is 0 Å². The molecule has 5 heteroatoms. The number of rotatable bonds is 4. The van der Waals surface area contributed by atoms with Gasteiger partial charge in [0.25, 0.3) is 0 Å². The molecular formula is C22H27FN2O2. The fourth-order valence-electron chi connectivity index (χ4n) is 3.49. The van der Waals surface area contributed by atoms with Crippen molar-refractivity contribution < 1.29 is 13.9 Å². The molecule has 4 nitrogen and oxygen atoms in total. The largest absolute Gasteiger partial charge is 0.497 e. The molecule has 3 rings (SSSR count). The zero-order chi connectivity index (χ0) is 19.2. The van der Waals surface area contributed by atoms with Crippen molar-refractivity contribution in [3.8, 4) is 5.75 Å². The predicted octanol–water partition coefficient (Wildman–Crippen LogP) is 4.76. The molecule has 0 spiro atoms. The van der Waals surface area contributed by atoms with Gasteiger partial charge in [-0.2, -0.15) is 0 Å². The van der Waals surface area contributed by atoms with Gasteiger partial charge in [-0.1, -0.05) is 31.2 Å². The number of nitrogens with one attached hydrogen (secondary N) is 1. The Hall–Kier alpha value is -2.56. The van der Waals surface area contributed by atoms with Gasteiger partial charge in [0.15, 0.2) is 0 Å². The molecule has 0 aromatic heterocycles. The monoisotopic (exact) mass is 370 g/mol. The van der Waals surface area contributed by atoms with Crippen LogP contribution in [0.1, 0.15) is 43.4 Å². The van der Waals surface area contributed by atoms with Gasteiger partial charge in [0.2, 0.25) is 0 Å². The van der Waals surface area contributed by atoms with E-state index in [1.54, 1.807) is 19.2 Å². The van der Waals surface area contributed by atoms with Crippen molar-refractivity contribution in [2.45, 2.75) is 32.2 Å². The summed E-state index contributed by atoms with van der Waals surface area (Å²) < 4.78 is 18.6. The molecule has 2 amide bonds. The number of urea groups is 1. The van der Waals surface area contributed by atoms with E-state index in [9.17, 15) is 9.18 Å². The van der Waals surface area contributed by atoms with Crippen molar-refractivity contribution in [2.75, 3.05) is 20.2 Å². The van der Waals surface area contributed by atoms with E-state index in [0.29, 0.717) is 5.92 Å². The van der Waals surface area contributed by atoms with Gasteiger partial charge in [0, 0.05) is 13.1 Å². The number of nitrogens with zero attached hydrogens (tertiary/aromatic N) is 1. The van der Waals surface area contributed by atoms with E-state index in [1.807, 2.05) is 29.2 Å². The maximum Gasteiger partial charge on any atom is 0.318 e. The highest BCUT2D eigenvalue weighted by Crippen LogP contribution is 2.25. The van der Waals surface area contributed by atoms with Gasteiger partial charge in [-0.3, -0.25) is 0 Å². The van der Waals surface area contributed by atoms with Gasteiger partial charge in [0.05, 0.1) is 13.2 Å². The van der Waals surface area contributed by atoms with Gasteiger partial charge in [-0.25, -0.2) is 9.18 Å². The Morgan fingerprint density at radius 2 is 1.70 bits per heavy atom. The number of amides is 2. The van der Waals surface area contributed by atoms with Crippen molar-refractivity contribution in [3.05, 3.63) is 65.5 Å². The number of carbonyl (C=O) groups excluding carboxylic acids is 1. The smallest absolute Gasteiger partial charge is 0.318 e. The van der Waals surface area contributed by atoms with E-state index in [-0.39, 0.29) is 17.9 Å². The first-order valence-corrected chi connectivity index (χ1v) is 9.51. The maximum atomic E-state index is 13.4. The van der Waals surface area contributed by atoms with Crippen LogP contribution in [0.5, 0.6) is 5.75 Å². The Morgan fingerprint density at radius 3 is 2.33 bits per heavy atom. The summed E-state index contributed by atoms with van der Waals surface area (Å²) in [5, 5.41) is 3.14. The van der Waals surface area contributed by atoms with Crippen LogP contribution in [-0.2, 0) is 0 Å². The maximum absolute atomic E-state index is 13.4. The normalized spacial score (nSPS) is 18.5. The predicted molar refractivity (Wildman–Crippen MR) is 104 cm³/mol. The Morgan fingerprint density at radius 1 is 1.07 bits per heavy atom. The summed E-state index contributed by atoms with van der Waals surface area (Å²) >= 11 is 0. The van der Waals surface area contributed by atoms with Crippen LogP contribution in [0.3, 0.4) is 0 Å². The summed E-state index contributed by atoms with van der Waals surface area (Å²) in [6.45, 7) is 3.78. The van der Waals surface area contributed by atoms with Crippen molar-refractivity contribution in [1.82, 2.24) is 10.2 Å². The van der Waals surface area contributed by atoms with Crippen LogP contribution in [-0.4, -0.2) is 31.1 Å². The summed E-state index contributed by atoms with van der Waals surface area (Å²) in [5.41, 5.74) is 1.78. The highest BCUT2D eigenvalue weighted by atomic mass is 19.1. The molecule has 1 heterocycles. The van der Waals surface area contributed by atoms with E-state index < -0.39 is 0 Å². The summed E-state index contributed by atoms with van der Waals surface area (Å²) in [7, 11) is 1.62. The summed E-state index contributed by atoms with van der Waals surface area (Å²) in [6.07, 6.45) is 3.21. The van der Waals surface area contributed by atoms with E-state index in [2.05, 4.69) is 12.2 Å². The lowest BCUT2D eigenvalue weighted by Gasteiger charge is -2.26. The molecule has 2 aromatic rings. The Labute approximate surface area is 160 Å². The molecule has 0 saturated carbocycles. The Bertz CT molecular complexity index is 746. The molecule has 144 valence electrons. The number of hydrogen-bond donors (Lipinski definition) is 1. The molecule has 0 bridgehead atoms. The van der Waals surface area contributed by atoms with Crippen molar-refractivity contribution >= 4 is 6.03 Å². The average molecular weight is 370 g/mol. The van der Waals surface area contributed by atoms with Gasteiger partial charge >= 0.3 is 6.03 Å². The number of carbonyl (C=O) groups is 1. The number of methoxy groups -OCH3 is 1. The zero-order valence-corrected chi connectivity index (χ0v) is 16.0. The van der Waals surface area contributed by atoms with Gasteiger partial charge in [0.1, 0.15) is 11.6 Å². The lowest BCUT2D eigenvalue weighted by atomic mass is 9.98. The second kappa shape index (κ2) is 8.89. The van der Waals surface area contributed by atoms with Gasteiger partial charge in [-0.05, 0) is 60.6 Å². The number of halogens is 1. The summed E-state index contributed by atoms with van der Waals surface area (Å²) in [4.78, 5) is 14.8. The first-order chi connectivity index (χ1) is 13.1. The minimum atomic E-state index is -0.343. The van der Waals surface area contributed by atoms with Crippen LogP contribution in [0.15, 0.2) is 48.5 Å². The first-order valence-electron chi connectivity index (χ1n) is 9.51. The minimum Gasteiger partial charge on any atom is -0.497 e. The molecule has 1 N–H and O–H groups in total. The molecule has 1 aliphatic heterocycles. The molecule has 2 unspecified atom stereocenters. The van der Waals surface area contributed by atoms with E-state index in [0.717, 1.165) is 49.2 Å². The van der Waals surface area contributed by atoms with Crippen molar-refractivity contribution in [1.29, 1.82) is 0 Å². The summed E-state index contributed by atoms with van der Waals surface area (Å²) in [6, 6.07) is 13.5. The zero-order valence-electron chi connectivity index (χ0n) is 16.0. The molecule has 27 heavy (non-hydrogen) atoms. The number of likely N-dealkylation sites (tertiary alicyclic amines) is 1. The molecule has 1 fully saturated rings. The molecule has 1 aliphatic rings. The van der Waals surface area contributed by atoms with Crippen LogP contribution < -0.4 is 10.1 Å². The number of ether oxygens (including phenoxy) is 1. The number of benzene rings is 2. The van der Waals surface area contributed by atoms with Crippen LogP contribution in [0.4, 0.5) is 9.18 Å². The van der Waals surface area contributed by atoms with Crippen LogP contribution in [0.2, 0.25) is 0 Å². The minimum absolute atomic E-state index is 0.0748. The first kappa shape index (κ1) is 19.2. The third-order valence-corrected chi connectivity index (χ3v) is 5.22. The van der Waals surface area contributed by atoms with E-state index in [4.69, 9.17) is 4.74 Å². The molecule has 0 aliphatic carbocycles. The van der Waals surface area contributed by atoms with Gasteiger partial charge < -0.3 is 15.0 Å². The fourth-order valence-corrected chi connectivity index (χ4v) is 3.49.